The van der Waals surface area contributed by atoms with E-state index in [1.807, 2.05) is 0 Å². The first-order chi connectivity index (χ1) is 9.56. The number of ether oxygens (including phenoxy) is 2. The Morgan fingerprint density at radius 2 is 2.35 bits per heavy atom. The third-order valence-electron chi connectivity index (χ3n) is 3.16. The molecular weight excluding hydrogens is 271 g/mol. The normalized spacial score (nSPS) is 26.1. The Morgan fingerprint density at radius 3 is 2.95 bits per heavy atom. The van der Waals surface area contributed by atoms with Crippen molar-refractivity contribution in [2.45, 2.75) is 38.5 Å². The maximum absolute atomic E-state index is 13.5. The highest BCUT2D eigenvalue weighted by molar-refractivity contribution is 5.04. The van der Waals surface area contributed by atoms with Crippen molar-refractivity contribution in [2.75, 3.05) is 13.2 Å². The number of aromatic amines is 1. The van der Waals surface area contributed by atoms with Crippen molar-refractivity contribution < 1.29 is 19.0 Å². The highest BCUT2D eigenvalue weighted by Crippen LogP contribution is 2.29. The third-order valence-corrected chi connectivity index (χ3v) is 3.16. The lowest BCUT2D eigenvalue weighted by atomic mass is 10.2. The largest absolute Gasteiger partial charge is 0.394 e. The van der Waals surface area contributed by atoms with Crippen LogP contribution in [0.3, 0.4) is 0 Å². The lowest BCUT2D eigenvalue weighted by molar-refractivity contribution is -0.0358. The van der Waals surface area contributed by atoms with Crippen molar-refractivity contribution in [3.8, 4) is 0 Å². The molecule has 0 aliphatic carbocycles. The van der Waals surface area contributed by atoms with E-state index >= 15 is 0 Å². The average Bonchev–Trinajstić information content (AvgIpc) is 2.79. The van der Waals surface area contributed by atoms with Crippen LogP contribution in [0.5, 0.6) is 0 Å². The van der Waals surface area contributed by atoms with Gasteiger partial charge in [0.1, 0.15) is 18.5 Å². The molecule has 112 valence electrons. The number of alkyl halides is 1. The molecule has 2 N–H and O–H groups in total. The van der Waals surface area contributed by atoms with Gasteiger partial charge in [0.2, 0.25) is 0 Å². The van der Waals surface area contributed by atoms with Crippen LogP contribution in [0.1, 0.15) is 25.1 Å². The van der Waals surface area contributed by atoms with E-state index < -0.39 is 36.4 Å². The van der Waals surface area contributed by atoms with Crippen LogP contribution in [0.4, 0.5) is 4.39 Å². The highest BCUT2D eigenvalue weighted by atomic mass is 19.1. The molecule has 1 aromatic rings. The zero-order chi connectivity index (χ0) is 14.7. The van der Waals surface area contributed by atoms with Gasteiger partial charge in [-0.1, -0.05) is 0 Å². The van der Waals surface area contributed by atoms with Gasteiger partial charge in [-0.05, 0) is 6.92 Å². The molecule has 8 heteroatoms. The molecule has 1 aromatic heterocycles. The fourth-order valence-electron chi connectivity index (χ4n) is 2.08. The van der Waals surface area contributed by atoms with E-state index in [9.17, 15) is 14.0 Å². The van der Waals surface area contributed by atoms with Crippen molar-refractivity contribution in [3.05, 3.63) is 32.6 Å². The van der Waals surface area contributed by atoms with Gasteiger partial charge in [-0.3, -0.25) is 14.3 Å². The zero-order valence-electron chi connectivity index (χ0n) is 11.0. The fraction of sp³-hybridized carbons (Fsp3) is 0.667. The van der Waals surface area contributed by atoms with Crippen LogP contribution >= 0.6 is 0 Å². The van der Waals surface area contributed by atoms with Gasteiger partial charge >= 0.3 is 5.69 Å². The minimum atomic E-state index is -1.35. The molecule has 7 nitrogen and oxygen atoms in total. The first-order valence-electron chi connectivity index (χ1n) is 6.39. The number of hydrogen-bond acceptors (Lipinski definition) is 5. The van der Waals surface area contributed by atoms with Gasteiger partial charge in [0, 0.05) is 19.2 Å². The standard InChI is InChI=1S/C12H17FN2O5/c1-2-19-6-7-4-15(12(18)14-11(7)17)10-3-8(13)9(5-16)20-10/h4,8-10,16H,2-3,5-6H2,1H3,(H,14,17,18)/t8?,9-,10-/m0/s1. The number of nitrogens with zero attached hydrogens (tertiary/aromatic N) is 1. The number of H-pyrrole nitrogens is 1. The van der Waals surface area contributed by atoms with Crippen LogP contribution in [0.15, 0.2) is 15.8 Å². The van der Waals surface area contributed by atoms with Crippen LogP contribution < -0.4 is 11.2 Å². The minimum Gasteiger partial charge on any atom is -0.394 e. The first-order valence-corrected chi connectivity index (χ1v) is 6.39. The minimum absolute atomic E-state index is 0.0503. The number of aliphatic hydroxyl groups excluding tert-OH is 1. The van der Waals surface area contributed by atoms with Crippen LogP contribution in [-0.4, -0.2) is 40.1 Å². The van der Waals surface area contributed by atoms with E-state index in [1.54, 1.807) is 6.92 Å². The highest BCUT2D eigenvalue weighted by Gasteiger charge is 2.36. The Morgan fingerprint density at radius 1 is 1.60 bits per heavy atom. The summed E-state index contributed by atoms with van der Waals surface area (Å²) in [7, 11) is 0. The summed E-state index contributed by atoms with van der Waals surface area (Å²) in [6.45, 7) is 1.81. The topological polar surface area (TPSA) is 93.6 Å². The molecule has 0 aromatic carbocycles. The summed E-state index contributed by atoms with van der Waals surface area (Å²) >= 11 is 0. The molecule has 0 spiro atoms. The SMILES string of the molecule is CCOCc1cn([C@@H]2CC(F)[C@H](CO)O2)c(=O)[nH]c1=O. The smallest absolute Gasteiger partial charge is 0.330 e. The summed E-state index contributed by atoms with van der Waals surface area (Å²) in [4.78, 5) is 25.5. The molecule has 20 heavy (non-hydrogen) atoms. The van der Waals surface area contributed by atoms with E-state index in [1.165, 1.54) is 6.20 Å². The van der Waals surface area contributed by atoms with Crippen molar-refractivity contribution in [2.24, 2.45) is 0 Å². The summed E-state index contributed by atoms with van der Waals surface area (Å²) in [5.41, 5.74) is -0.947. The summed E-state index contributed by atoms with van der Waals surface area (Å²) in [5.74, 6) is 0. The predicted octanol–water partition coefficient (Wildman–Crippen LogP) is -0.309. The number of aliphatic hydroxyl groups is 1. The fourth-order valence-corrected chi connectivity index (χ4v) is 2.08. The van der Waals surface area contributed by atoms with Gasteiger partial charge in [0.05, 0.1) is 18.8 Å². The second kappa shape index (κ2) is 6.29. The molecular formula is C12H17FN2O5. The van der Waals surface area contributed by atoms with Gasteiger partial charge in [-0.25, -0.2) is 9.18 Å². The van der Waals surface area contributed by atoms with E-state index in [4.69, 9.17) is 14.6 Å². The van der Waals surface area contributed by atoms with Crippen LogP contribution in [-0.2, 0) is 16.1 Å². The second-order valence-electron chi connectivity index (χ2n) is 4.52. The molecule has 1 aliphatic rings. The summed E-state index contributed by atoms with van der Waals surface area (Å²) in [6, 6.07) is 0. The monoisotopic (exact) mass is 288 g/mol. The molecule has 1 unspecified atom stereocenters. The number of halogens is 1. The summed E-state index contributed by atoms with van der Waals surface area (Å²) in [6.07, 6.45) is -1.88. The van der Waals surface area contributed by atoms with Gasteiger partial charge in [0.15, 0.2) is 0 Å². The van der Waals surface area contributed by atoms with Gasteiger partial charge in [-0.15, -0.1) is 0 Å². The predicted molar refractivity (Wildman–Crippen MR) is 67.2 cm³/mol. The van der Waals surface area contributed by atoms with Crippen molar-refractivity contribution in [1.29, 1.82) is 0 Å². The second-order valence-corrected chi connectivity index (χ2v) is 4.52. The quantitative estimate of drug-likeness (QED) is 0.775. The molecule has 2 heterocycles. The Bertz CT molecular complexity index is 570. The Kier molecular flexibility index (Phi) is 4.69. The van der Waals surface area contributed by atoms with E-state index in [0.717, 1.165) is 4.57 Å². The molecule has 2 rings (SSSR count). The Hall–Kier alpha value is -1.51. The lowest BCUT2D eigenvalue weighted by Gasteiger charge is -2.15. The van der Waals surface area contributed by atoms with Gasteiger partial charge in [0.25, 0.3) is 5.56 Å². The molecule has 0 bridgehead atoms. The molecule has 0 saturated carbocycles. The molecule has 1 fully saturated rings. The summed E-state index contributed by atoms with van der Waals surface area (Å²) < 4.78 is 25.1. The molecule has 1 saturated heterocycles. The van der Waals surface area contributed by atoms with E-state index in [2.05, 4.69) is 4.98 Å². The number of nitrogens with one attached hydrogen (secondary N) is 1. The average molecular weight is 288 g/mol. The van der Waals surface area contributed by atoms with Crippen LogP contribution in [0.2, 0.25) is 0 Å². The van der Waals surface area contributed by atoms with E-state index in [0.29, 0.717) is 6.61 Å². The summed E-state index contributed by atoms with van der Waals surface area (Å²) in [5, 5.41) is 8.96. The zero-order valence-corrected chi connectivity index (χ0v) is 11.0. The molecule has 3 atom stereocenters. The lowest BCUT2D eigenvalue weighted by Crippen LogP contribution is -2.34. The molecule has 1 aliphatic heterocycles. The first kappa shape index (κ1) is 14.9. The number of hydrogen-bond donors (Lipinski definition) is 2. The Balaban J connectivity index is 2.28. The molecule has 0 amide bonds. The molecule has 0 radical (unpaired) electrons. The number of rotatable bonds is 5. The maximum atomic E-state index is 13.5. The maximum Gasteiger partial charge on any atom is 0.330 e. The van der Waals surface area contributed by atoms with Crippen molar-refractivity contribution >= 4 is 0 Å². The Labute approximate surface area is 114 Å². The van der Waals surface area contributed by atoms with Crippen LogP contribution in [0, 0.1) is 0 Å². The van der Waals surface area contributed by atoms with Crippen molar-refractivity contribution in [1.82, 2.24) is 9.55 Å². The van der Waals surface area contributed by atoms with Gasteiger partial charge < -0.3 is 14.6 Å². The third kappa shape index (κ3) is 2.97. The van der Waals surface area contributed by atoms with Crippen LogP contribution in [0.25, 0.3) is 0 Å². The number of aromatic nitrogens is 2. The van der Waals surface area contributed by atoms with E-state index in [-0.39, 0.29) is 18.6 Å². The van der Waals surface area contributed by atoms with Gasteiger partial charge in [-0.2, -0.15) is 0 Å². The van der Waals surface area contributed by atoms with Crippen molar-refractivity contribution in [3.63, 3.8) is 0 Å².